The molecule has 1 aliphatic carbocycles. The van der Waals surface area contributed by atoms with Crippen LogP contribution in [0, 0.1) is 17.3 Å². The number of likely N-dealkylation sites (N-methyl/N-ethyl adjacent to an activating group) is 1. The van der Waals surface area contributed by atoms with E-state index >= 15 is 0 Å². The molecular weight excluding hydrogens is 222 g/mol. The monoisotopic (exact) mass is 255 g/mol. The molecule has 1 N–H and O–H groups in total. The third-order valence-corrected chi connectivity index (χ3v) is 4.13. The Morgan fingerprint density at radius 1 is 1.28 bits per heavy atom. The molecule has 0 heterocycles. The molecule has 1 fully saturated rings. The lowest BCUT2D eigenvalue weighted by molar-refractivity contribution is -0.0344. The van der Waals surface area contributed by atoms with Crippen LogP contribution in [-0.2, 0) is 4.74 Å². The molecule has 0 amide bonds. The largest absolute Gasteiger partial charge is 0.377 e. The van der Waals surface area contributed by atoms with E-state index in [0.717, 1.165) is 19.1 Å². The fourth-order valence-electron chi connectivity index (χ4n) is 3.37. The van der Waals surface area contributed by atoms with E-state index in [0.29, 0.717) is 23.5 Å². The van der Waals surface area contributed by atoms with Gasteiger partial charge in [0.05, 0.1) is 12.7 Å². The predicted molar refractivity (Wildman–Crippen MR) is 78.8 cm³/mol. The molecule has 1 saturated carbocycles. The van der Waals surface area contributed by atoms with E-state index in [2.05, 4.69) is 46.9 Å². The van der Waals surface area contributed by atoms with Crippen LogP contribution < -0.4 is 5.32 Å². The number of nitrogens with one attached hydrogen (secondary N) is 1. The summed E-state index contributed by atoms with van der Waals surface area (Å²) in [6, 6.07) is 0.496. The van der Waals surface area contributed by atoms with Gasteiger partial charge in [-0.3, -0.25) is 0 Å². The number of hydrogen-bond donors (Lipinski definition) is 1. The van der Waals surface area contributed by atoms with Crippen molar-refractivity contribution in [1.29, 1.82) is 0 Å². The Kier molecular flexibility index (Phi) is 6.13. The van der Waals surface area contributed by atoms with Crippen molar-refractivity contribution in [1.82, 2.24) is 5.32 Å². The highest BCUT2D eigenvalue weighted by atomic mass is 16.5. The van der Waals surface area contributed by atoms with Gasteiger partial charge in [-0.05, 0) is 43.1 Å². The summed E-state index contributed by atoms with van der Waals surface area (Å²) in [6.45, 7) is 15.7. The molecule has 2 nitrogen and oxygen atoms in total. The maximum atomic E-state index is 6.20. The quantitative estimate of drug-likeness (QED) is 0.778. The van der Waals surface area contributed by atoms with Crippen LogP contribution in [0.3, 0.4) is 0 Å². The first-order chi connectivity index (χ1) is 8.34. The van der Waals surface area contributed by atoms with Gasteiger partial charge in [0.25, 0.3) is 0 Å². The SMILES string of the molecule is CCNC(COC1CC(C)CC(C)(C)C1)C(C)C. The Labute approximate surface area is 114 Å². The molecule has 0 radical (unpaired) electrons. The molecule has 0 aromatic heterocycles. The lowest BCUT2D eigenvalue weighted by atomic mass is 9.71. The molecule has 3 atom stereocenters. The van der Waals surface area contributed by atoms with Crippen molar-refractivity contribution < 1.29 is 4.74 Å². The minimum absolute atomic E-state index is 0.452. The number of rotatable bonds is 6. The summed E-state index contributed by atoms with van der Waals surface area (Å²) in [5, 5.41) is 3.53. The van der Waals surface area contributed by atoms with Crippen molar-refractivity contribution in [3.8, 4) is 0 Å². The molecular formula is C16H33NO. The van der Waals surface area contributed by atoms with E-state index in [-0.39, 0.29) is 0 Å². The van der Waals surface area contributed by atoms with E-state index in [4.69, 9.17) is 4.74 Å². The molecule has 18 heavy (non-hydrogen) atoms. The summed E-state index contributed by atoms with van der Waals surface area (Å²) in [6.07, 6.45) is 4.26. The van der Waals surface area contributed by atoms with Gasteiger partial charge in [0.2, 0.25) is 0 Å². The van der Waals surface area contributed by atoms with Crippen molar-refractivity contribution >= 4 is 0 Å². The first-order valence-electron chi connectivity index (χ1n) is 7.69. The molecule has 2 heteroatoms. The summed E-state index contributed by atoms with van der Waals surface area (Å²) < 4.78 is 6.20. The summed E-state index contributed by atoms with van der Waals surface area (Å²) in [4.78, 5) is 0. The molecule has 0 aromatic rings. The van der Waals surface area contributed by atoms with Crippen LogP contribution in [0.4, 0.5) is 0 Å². The Bertz CT molecular complexity index is 237. The summed E-state index contributed by atoms with van der Waals surface area (Å²) in [7, 11) is 0. The van der Waals surface area contributed by atoms with Gasteiger partial charge in [-0.2, -0.15) is 0 Å². The molecule has 0 spiro atoms. The maximum absolute atomic E-state index is 6.20. The molecule has 1 aliphatic rings. The number of ether oxygens (including phenoxy) is 1. The van der Waals surface area contributed by atoms with Crippen LogP contribution in [0.2, 0.25) is 0 Å². The average Bonchev–Trinajstić information content (AvgIpc) is 2.20. The van der Waals surface area contributed by atoms with Crippen molar-refractivity contribution in [2.75, 3.05) is 13.2 Å². The Morgan fingerprint density at radius 2 is 1.94 bits per heavy atom. The van der Waals surface area contributed by atoms with Crippen LogP contribution in [0.25, 0.3) is 0 Å². The zero-order chi connectivity index (χ0) is 13.8. The van der Waals surface area contributed by atoms with Crippen LogP contribution in [-0.4, -0.2) is 25.3 Å². The van der Waals surface area contributed by atoms with E-state index in [9.17, 15) is 0 Å². The smallest absolute Gasteiger partial charge is 0.0625 e. The van der Waals surface area contributed by atoms with Gasteiger partial charge in [-0.1, -0.05) is 41.5 Å². The van der Waals surface area contributed by atoms with Crippen LogP contribution in [0.15, 0.2) is 0 Å². The van der Waals surface area contributed by atoms with Gasteiger partial charge in [-0.25, -0.2) is 0 Å². The zero-order valence-corrected chi connectivity index (χ0v) is 13.3. The van der Waals surface area contributed by atoms with Gasteiger partial charge in [-0.15, -0.1) is 0 Å². The van der Waals surface area contributed by atoms with Gasteiger partial charge >= 0.3 is 0 Å². The highest BCUT2D eigenvalue weighted by Crippen LogP contribution is 2.39. The normalized spacial score (nSPS) is 29.5. The standard InChI is InChI=1S/C16H33NO/c1-7-17-15(12(2)3)11-18-14-8-13(4)9-16(5,6)10-14/h12-15,17H,7-11H2,1-6H3. The molecule has 0 aliphatic heterocycles. The molecule has 0 aromatic carbocycles. The van der Waals surface area contributed by atoms with Crippen LogP contribution in [0.1, 0.15) is 60.8 Å². The second-order valence-electron chi connectivity index (χ2n) is 7.28. The van der Waals surface area contributed by atoms with Crippen molar-refractivity contribution in [3.05, 3.63) is 0 Å². The molecule has 108 valence electrons. The van der Waals surface area contributed by atoms with Crippen molar-refractivity contribution in [3.63, 3.8) is 0 Å². The zero-order valence-electron chi connectivity index (χ0n) is 13.3. The van der Waals surface area contributed by atoms with Crippen molar-refractivity contribution in [2.24, 2.45) is 17.3 Å². The van der Waals surface area contributed by atoms with Gasteiger partial charge in [0.15, 0.2) is 0 Å². The lowest BCUT2D eigenvalue weighted by Crippen LogP contribution is -2.41. The maximum Gasteiger partial charge on any atom is 0.0625 e. The minimum atomic E-state index is 0.452. The highest BCUT2D eigenvalue weighted by molar-refractivity contribution is 4.84. The molecule has 3 unspecified atom stereocenters. The van der Waals surface area contributed by atoms with Crippen molar-refractivity contribution in [2.45, 2.75) is 73.0 Å². The van der Waals surface area contributed by atoms with Crippen LogP contribution >= 0.6 is 0 Å². The average molecular weight is 255 g/mol. The third-order valence-electron chi connectivity index (χ3n) is 4.13. The number of hydrogen-bond acceptors (Lipinski definition) is 2. The molecule has 1 rings (SSSR count). The lowest BCUT2D eigenvalue weighted by Gasteiger charge is -2.39. The van der Waals surface area contributed by atoms with Gasteiger partial charge in [0, 0.05) is 6.04 Å². The summed E-state index contributed by atoms with van der Waals surface area (Å²) >= 11 is 0. The Balaban J connectivity index is 2.41. The van der Waals surface area contributed by atoms with Gasteiger partial charge < -0.3 is 10.1 Å². The fourth-order valence-corrected chi connectivity index (χ4v) is 3.37. The highest BCUT2D eigenvalue weighted by Gasteiger charge is 2.32. The Hall–Kier alpha value is -0.0800. The summed E-state index contributed by atoms with van der Waals surface area (Å²) in [5.74, 6) is 1.44. The third kappa shape index (κ3) is 5.27. The molecule has 0 bridgehead atoms. The summed E-state index contributed by atoms with van der Waals surface area (Å²) in [5.41, 5.74) is 0.452. The van der Waals surface area contributed by atoms with E-state index in [1.807, 2.05) is 0 Å². The fraction of sp³-hybridized carbons (Fsp3) is 1.00. The first kappa shape index (κ1) is 16.0. The first-order valence-corrected chi connectivity index (χ1v) is 7.69. The van der Waals surface area contributed by atoms with E-state index in [1.54, 1.807) is 0 Å². The molecule has 0 saturated heterocycles. The Morgan fingerprint density at radius 3 is 2.44 bits per heavy atom. The van der Waals surface area contributed by atoms with E-state index < -0.39 is 0 Å². The van der Waals surface area contributed by atoms with Crippen LogP contribution in [0.5, 0.6) is 0 Å². The second kappa shape index (κ2) is 6.91. The second-order valence-corrected chi connectivity index (χ2v) is 7.28. The van der Waals surface area contributed by atoms with E-state index in [1.165, 1.54) is 19.3 Å². The predicted octanol–water partition coefficient (Wildman–Crippen LogP) is 3.85. The minimum Gasteiger partial charge on any atom is -0.377 e. The van der Waals surface area contributed by atoms with Gasteiger partial charge in [0.1, 0.15) is 0 Å². The topological polar surface area (TPSA) is 21.3 Å².